The van der Waals surface area contributed by atoms with E-state index in [2.05, 4.69) is 10.6 Å². The number of aryl methyl sites for hydroxylation is 1. The van der Waals surface area contributed by atoms with Crippen molar-refractivity contribution in [2.75, 3.05) is 20.8 Å². The van der Waals surface area contributed by atoms with Crippen LogP contribution in [0, 0.1) is 12.8 Å². The Labute approximate surface area is 229 Å². The summed E-state index contributed by atoms with van der Waals surface area (Å²) in [5, 5.41) is 27.3. The fourth-order valence-electron chi connectivity index (χ4n) is 5.21. The zero-order valence-electron chi connectivity index (χ0n) is 22.5. The maximum Gasteiger partial charge on any atom is 0.251 e. The first-order valence-electron chi connectivity index (χ1n) is 13.1. The van der Waals surface area contributed by atoms with Crippen molar-refractivity contribution in [2.24, 2.45) is 5.92 Å². The fraction of sp³-hybridized carbons (Fsp3) is 0.355. The van der Waals surface area contributed by atoms with Crippen LogP contribution in [-0.2, 0) is 17.6 Å². The van der Waals surface area contributed by atoms with Crippen molar-refractivity contribution in [1.29, 1.82) is 0 Å². The molecule has 4 N–H and O–H groups in total. The van der Waals surface area contributed by atoms with Crippen LogP contribution in [-0.4, -0.2) is 55.0 Å². The quantitative estimate of drug-likeness (QED) is 0.302. The van der Waals surface area contributed by atoms with Gasteiger partial charge in [0.1, 0.15) is 0 Å². The zero-order valence-corrected chi connectivity index (χ0v) is 22.5. The summed E-state index contributed by atoms with van der Waals surface area (Å²) in [7, 11) is 3.04. The van der Waals surface area contributed by atoms with Crippen LogP contribution in [0.3, 0.4) is 0 Å². The zero-order chi connectivity index (χ0) is 27.9. The van der Waals surface area contributed by atoms with Crippen molar-refractivity contribution in [2.45, 2.75) is 44.4 Å². The molecule has 1 aliphatic carbocycles. The van der Waals surface area contributed by atoms with E-state index in [1.807, 2.05) is 61.5 Å². The average molecular weight is 533 g/mol. The Kier molecular flexibility index (Phi) is 9.22. The molecule has 0 saturated carbocycles. The molecular weight excluding hydrogens is 496 g/mol. The molecule has 4 atom stereocenters. The van der Waals surface area contributed by atoms with Gasteiger partial charge in [-0.15, -0.1) is 0 Å². The molecule has 8 nitrogen and oxygen atoms in total. The van der Waals surface area contributed by atoms with E-state index in [9.17, 15) is 19.8 Å². The van der Waals surface area contributed by atoms with Gasteiger partial charge in [0, 0.05) is 24.4 Å². The third-order valence-electron chi connectivity index (χ3n) is 7.18. The molecule has 206 valence electrons. The molecule has 0 aromatic heterocycles. The molecule has 0 bridgehead atoms. The summed E-state index contributed by atoms with van der Waals surface area (Å²) in [5.41, 5.74) is 4.02. The van der Waals surface area contributed by atoms with Crippen molar-refractivity contribution >= 4 is 11.8 Å². The van der Waals surface area contributed by atoms with Gasteiger partial charge in [-0.3, -0.25) is 9.59 Å². The Morgan fingerprint density at radius 2 is 1.74 bits per heavy atom. The highest BCUT2D eigenvalue weighted by Gasteiger charge is 2.34. The topological polar surface area (TPSA) is 117 Å². The van der Waals surface area contributed by atoms with Crippen molar-refractivity contribution in [3.8, 4) is 11.5 Å². The highest BCUT2D eigenvalue weighted by Crippen LogP contribution is 2.33. The van der Waals surface area contributed by atoms with E-state index in [-0.39, 0.29) is 24.8 Å². The van der Waals surface area contributed by atoms with Crippen LogP contribution >= 0.6 is 0 Å². The van der Waals surface area contributed by atoms with E-state index in [4.69, 9.17) is 9.47 Å². The van der Waals surface area contributed by atoms with E-state index in [1.165, 1.54) is 14.2 Å². The Balaban J connectivity index is 1.43. The third-order valence-corrected chi connectivity index (χ3v) is 7.18. The number of amides is 2. The first kappa shape index (κ1) is 28.1. The van der Waals surface area contributed by atoms with Gasteiger partial charge >= 0.3 is 0 Å². The summed E-state index contributed by atoms with van der Waals surface area (Å²) < 4.78 is 10.7. The van der Waals surface area contributed by atoms with Gasteiger partial charge in [0.25, 0.3) is 5.91 Å². The molecule has 2 amide bonds. The molecule has 0 saturated heterocycles. The Bertz CT molecular complexity index is 1300. The number of aliphatic hydroxyl groups excluding tert-OH is 2. The molecule has 4 rings (SSSR count). The number of hydrogen-bond acceptors (Lipinski definition) is 6. The summed E-state index contributed by atoms with van der Waals surface area (Å²) >= 11 is 0. The summed E-state index contributed by atoms with van der Waals surface area (Å²) in [6.45, 7) is 1.79. The van der Waals surface area contributed by atoms with E-state index in [0.717, 1.165) is 22.3 Å². The molecule has 0 radical (unpaired) electrons. The number of hydrogen-bond donors (Lipinski definition) is 4. The van der Waals surface area contributed by atoms with Gasteiger partial charge in [0.05, 0.1) is 32.5 Å². The minimum Gasteiger partial charge on any atom is -0.493 e. The molecular formula is C31H36N2O6. The highest BCUT2D eigenvalue weighted by atomic mass is 16.5. The first-order valence-corrected chi connectivity index (χ1v) is 13.1. The van der Waals surface area contributed by atoms with Crippen LogP contribution < -0.4 is 20.1 Å². The van der Waals surface area contributed by atoms with Crippen LogP contribution in [0.25, 0.3) is 0 Å². The molecule has 3 aromatic rings. The van der Waals surface area contributed by atoms with Crippen LogP contribution in [0.5, 0.6) is 11.5 Å². The number of methoxy groups -OCH3 is 2. The van der Waals surface area contributed by atoms with Crippen LogP contribution in [0.1, 0.15) is 45.1 Å². The number of carbonyl (C=O) groups excluding carboxylic acids is 2. The van der Waals surface area contributed by atoms with Crippen molar-refractivity contribution in [1.82, 2.24) is 10.6 Å². The second-order valence-electron chi connectivity index (χ2n) is 9.97. The Morgan fingerprint density at radius 3 is 2.46 bits per heavy atom. The summed E-state index contributed by atoms with van der Waals surface area (Å²) in [6.07, 6.45) is -0.643. The van der Waals surface area contributed by atoms with E-state index < -0.39 is 24.2 Å². The molecule has 39 heavy (non-hydrogen) atoms. The van der Waals surface area contributed by atoms with Gasteiger partial charge in [-0.2, -0.15) is 0 Å². The van der Waals surface area contributed by atoms with Gasteiger partial charge in [0.2, 0.25) is 5.91 Å². The number of ether oxygens (including phenoxy) is 2. The smallest absolute Gasteiger partial charge is 0.251 e. The summed E-state index contributed by atoms with van der Waals surface area (Å²) in [4.78, 5) is 26.3. The third kappa shape index (κ3) is 6.77. The lowest BCUT2D eigenvalue weighted by Gasteiger charge is -2.24. The number of rotatable bonds is 11. The maximum absolute atomic E-state index is 13.5. The highest BCUT2D eigenvalue weighted by molar-refractivity contribution is 5.95. The maximum atomic E-state index is 13.5. The number of aliphatic hydroxyl groups is 2. The molecule has 0 aliphatic heterocycles. The number of fused-ring (bicyclic) bond motifs is 1. The van der Waals surface area contributed by atoms with Crippen molar-refractivity contribution < 1.29 is 29.3 Å². The largest absolute Gasteiger partial charge is 0.493 e. The lowest BCUT2D eigenvalue weighted by Crippen LogP contribution is -2.41. The molecule has 0 spiro atoms. The van der Waals surface area contributed by atoms with Gasteiger partial charge in [-0.1, -0.05) is 54.6 Å². The Hall–Kier alpha value is -3.88. The van der Waals surface area contributed by atoms with Crippen LogP contribution in [0.15, 0.2) is 66.7 Å². The standard InChI is InChI=1S/C31H36N2O6/c1-19-13-22(17-27(38-2)29(19)39-3)30(36)32-18-24(34)15-23(14-20-9-5-4-6-10-20)31(37)33-28-25-12-8-7-11-21(25)16-26(28)35/h4-13,17,23-24,26,28,34-35H,14-16,18H2,1-3H3,(H,32,36)(H,33,37)/t23-,24+,26-,28+/m1/s1. The van der Waals surface area contributed by atoms with E-state index >= 15 is 0 Å². The lowest BCUT2D eigenvalue weighted by atomic mass is 9.92. The molecule has 8 heteroatoms. The summed E-state index contributed by atoms with van der Waals surface area (Å²) in [6, 6.07) is 20.1. The predicted molar refractivity (Wildman–Crippen MR) is 148 cm³/mol. The van der Waals surface area contributed by atoms with Gasteiger partial charge in [0.15, 0.2) is 11.5 Å². The summed E-state index contributed by atoms with van der Waals surface area (Å²) in [5.74, 6) is -0.187. The second-order valence-corrected chi connectivity index (χ2v) is 9.97. The Morgan fingerprint density at radius 1 is 1.03 bits per heavy atom. The lowest BCUT2D eigenvalue weighted by molar-refractivity contribution is -0.127. The van der Waals surface area contributed by atoms with E-state index in [1.54, 1.807) is 12.1 Å². The molecule has 3 aromatic carbocycles. The van der Waals surface area contributed by atoms with E-state index in [0.29, 0.717) is 29.9 Å². The molecule has 0 heterocycles. The normalized spacial score (nSPS) is 17.6. The predicted octanol–water partition coefficient (Wildman–Crippen LogP) is 3.13. The average Bonchev–Trinajstić information content (AvgIpc) is 3.25. The number of nitrogens with one attached hydrogen (secondary N) is 2. The van der Waals surface area contributed by atoms with Crippen molar-refractivity contribution in [3.05, 3.63) is 94.5 Å². The van der Waals surface area contributed by atoms with Gasteiger partial charge < -0.3 is 30.3 Å². The minimum absolute atomic E-state index is 0.0281. The number of carbonyl (C=O) groups is 2. The van der Waals surface area contributed by atoms with Gasteiger partial charge in [-0.25, -0.2) is 0 Å². The SMILES string of the molecule is COc1cc(C(=O)NC[C@@H](O)C[C@@H](Cc2ccccc2)C(=O)N[C@H]2c3ccccc3C[C@H]2O)cc(C)c1OC. The van der Waals surface area contributed by atoms with Crippen LogP contribution in [0.2, 0.25) is 0 Å². The van der Waals surface area contributed by atoms with Crippen molar-refractivity contribution in [3.63, 3.8) is 0 Å². The second kappa shape index (κ2) is 12.8. The molecule has 0 fully saturated rings. The van der Waals surface area contributed by atoms with Gasteiger partial charge in [-0.05, 0) is 54.2 Å². The molecule has 1 aliphatic rings. The fourth-order valence-corrected chi connectivity index (χ4v) is 5.21. The first-order chi connectivity index (χ1) is 18.8. The number of benzene rings is 3. The molecule has 0 unspecified atom stereocenters. The monoisotopic (exact) mass is 532 g/mol. The minimum atomic E-state index is -0.963. The van der Waals surface area contributed by atoms with Crippen LogP contribution in [0.4, 0.5) is 0 Å².